The number of carbonyl (C=O) groups is 1. The number of hydrogen-bond acceptors (Lipinski definition) is 5. The third-order valence-corrected chi connectivity index (χ3v) is 2.68. The average molecular weight is 234 g/mol. The summed E-state index contributed by atoms with van der Waals surface area (Å²) in [4.78, 5) is 15.7. The molecule has 5 nitrogen and oxygen atoms in total. The first kappa shape index (κ1) is 10.6. The van der Waals surface area contributed by atoms with E-state index in [9.17, 15) is 4.79 Å². The lowest BCUT2D eigenvalue weighted by Crippen LogP contribution is -2.17. The molecular weight excluding hydrogens is 224 g/mol. The van der Waals surface area contributed by atoms with E-state index in [4.69, 9.17) is 5.84 Å². The molecule has 0 aromatic carbocycles. The van der Waals surface area contributed by atoms with E-state index < -0.39 is 0 Å². The normalized spacial score (nSPS) is 9.81. The highest BCUT2D eigenvalue weighted by Crippen LogP contribution is 2.16. The zero-order chi connectivity index (χ0) is 11.4. The first-order chi connectivity index (χ1) is 7.81. The molecule has 0 radical (unpaired) electrons. The summed E-state index contributed by atoms with van der Waals surface area (Å²) in [5.41, 5.74) is 4.17. The molecule has 0 saturated heterocycles. The van der Waals surface area contributed by atoms with Gasteiger partial charge >= 0.3 is 0 Å². The summed E-state index contributed by atoms with van der Waals surface area (Å²) in [5, 5.41) is 6.51. The quantitative estimate of drug-likeness (QED) is 0.557. The van der Waals surface area contributed by atoms with Gasteiger partial charge in [0.15, 0.2) is 0 Å². The van der Waals surface area contributed by atoms with Crippen LogP contribution in [-0.4, -0.2) is 10.9 Å². The van der Waals surface area contributed by atoms with Gasteiger partial charge in [0.05, 0.1) is 23.1 Å². The maximum atomic E-state index is 11.9. The first-order valence-corrected chi connectivity index (χ1v) is 5.49. The summed E-state index contributed by atoms with van der Waals surface area (Å²) in [6.07, 6.45) is 3.05. The topological polar surface area (TPSA) is 80.0 Å². The van der Waals surface area contributed by atoms with Gasteiger partial charge in [-0.1, -0.05) is 0 Å². The summed E-state index contributed by atoms with van der Waals surface area (Å²) >= 11 is 1.52. The lowest BCUT2D eigenvalue weighted by atomic mass is 10.2. The number of aromatic nitrogens is 1. The van der Waals surface area contributed by atoms with Crippen LogP contribution in [0.15, 0.2) is 35.3 Å². The molecule has 2 aromatic heterocycles. The number of amides is 1. The minimum atomic E-state index is -0.214. The van der Waals surface area contributed by atoms with Crippen LogP contribution in [-0.2, 0) is 0 Å². The van der Waals surface area contributed by atoms with Gasteiger partial charge in [-0.2, -0.15) is 11.3 Å². The monoisotopic (exact) mass is 234 g/mol. The molecule has 0 aliphatic carbocycles. The predicted octanol–water partition coefficient (Wildman–Crippen LogP) is 1.68. The van der Waals surface area contributed by atoms with Gasteiger partial charge in [0.2, 0.25) is 0 Å². The molecule has 0 aliphatic heterocycles. The fraction of sp³-hybridized carbons (Fsp3) is 0. The number of thiophene rings is 1. The molecule has 4 N–H and O–H groups in total. The highest BCUT2D eigenvalue weighted by Gasteiger charge is 2.10. The molecule has 6 heteroatoms. The van der Waals surface area contributed by atoms with Crippen molar-refractivity contribution >= 4 is 28.6 Å². The number of nitrogen functional groups attached to an aromatic ring is 1. The van der Waals surface area contributed by atoms with Crippen LogP contribution in [0.5, 0.6) is 0 Å². The van der Waals surface area contributed by atoms with Crippen LogP contribution < -0.4 is 16.6 Å². The van der Waals surface area contributed by atoms with E-state index in [1.165, 1.54) is 17.5 Å². The number of hydrogen-bond donors (Lipinski definition) is 3. The van der Waals surface area contributed by atoms with E-state index in [0.29, 0.717) is 11.3 Å². The fourth-order valence-electron chi connectivity index (χ4n) is 1.24. The fourth-order valence-corrected chi connectivity index (χ4v) is 1.83. The smallest absolute Gasteiger partial charge is 0.257 e. The molecule has 16 heavy (non-hydrogen) atoms. The second-order valence-electron chi connectivity index (χ2n) is 3.03. The average Bonchev–Trinajstić information content (AvgIpc) is 2.81. The molecular formula is C10H10N4OS. The zero-order valence-corrected chi connectivity index (χ0v) is 9.12. The van der Waals surface area contributed by atoms with E-state index in [0.717, 1.165) is 5.69 Å². The van der Waals surface area contributed by atoms with Gasteiger partial charge in [-0.05, 0) is 17.5 Å². The Bertz CT molecular complexity index is 483. The van der Waals surface area contributed by atoms with Crippen molar-refractivity contribution in [2.45, 2.75) is 0 Å². The van der Waals surface area contributed by atoms with Crippen LogP contribution >= 0.6 is 11.3 Å². The summed E-state index contributed by atoms with van der Waals surface area (Å²) in [6, 6.07) is 3.44. The van der Waals surface area contributed by atoms with Crippen molar-refractivity contribution in [1.82, 2.24) is 4.98 Å². The number of anilines is 2. The third-order valence-electron chi connectivity index (χ3n) is 2.00. The van der Waals surface area contributed by atoms with E-state index in [1.54, 1.807) is 12.3 Å². The predicted molar refractivity (Wildman–Crippen MR) is 64.3 cm³/mol. The number of nitrogens with two attached hydrogens (primary N) is 1. The SMILES string of the molecule is NNc1cnccc1C(=O)Nc1ccsc1. The lowest BCUT2D eigenvalue weighted by Gasteiger charge is -2.07. The van der Waals surface area contributed by atoms with Gasteiger partial charge in [-0.25, -0.2) is 0 Å². The Balaban J connectivity index is 2.21. The molecule has 0 atom stereocenters. The lowest BCUT2D eigenvalue weighted by molar-refractivity contribution is 0.102. The first-order valence-electron chi connectivity index (χ1n) is 4.55. The zero-order valence-electron chi connectivity index (χ0n) is 8.31. The van der Waals surface area contributed by atoms with Crippen molar-refractivity contribution < 1.29 is 4.79 Å². The van der Waals surface area contributed by atoms with Gasteiger partial charge in [0.25, 0.3) is 5.91 Å². The molecule has 0 saturated carbocycles. The van der Waals surface area contributed by atoms with Crippen molar-refractivity contribution in [3.63, 3.8) is 0 Å². The number of nitrogens with one attached hydrogen (secondary N) is 2. The van der Waals surface area contributed by atoms with Crippen molar-refractivity contribution in [2.75, 3.05) is 10.7 Å². The number of nitrogens with zero attached hydrogens (tertiary/aromatic N) is 1. The van der Waals surface area contributed by atoms with Gasteiger partial charge in [0, 0.05) is 11.6 Å². The highest BCUT2D eigenvalue weighted by atomic mass is 32.1. The number of hydrazine groups is 1. The molecule has 0 aliphatic rings. The van der Waals surface area contributed by atoms with Crippen molar-refractivity contribution in [3.05, 3.63) is 40.8 Å². The van der Waals surface area contributed by atoms with Gasteiger partial charge in [-0.3, -0.25) is 15.6 Å². The minimum Gasteiger partial charge on any atom is -0.322 e. The Kier molecular flexibility index (Phi) is 3.13. The molecule has 0 spiro atoms. The molecule has 0 bridgehead atoms. The highest BCUT2D eigenvalue weighted by molar-refractivity contribution is 7.08. The summed E-state index contributed by atoms with van der Waals surface area (Å²) in [5.74, 6) is 5.08. The van der Waals surface area contributed by atoms with Gasteiger partial charge < -0.3 is 10.7 Å². The summed E-state index contributed by atoms with van der Waals surface area (Å²) in [7, 11) is 0. The van der Waals surface area contributed by atoms with E-state index in [1.807, 2.05) is 16.8 Å². The second-order valence-corrected chi connectivity index (χ2v) is 3.81. The summed E-state index contributed by atoms with van der Waals surface area (Å²) < 4.78 is 0. The van der Waals surface area contributed by atoms with Crippen LogP contribution in [0.3, 0.4) is 0 Å². The van der Waals surface area contributed by atoms with E-state index in [2.05, 4.69) is 15.7 Å². The van der Waals surface area contributed by atoms with Gasteiger partial charge in [0.1, 0.15) is 0 Å². The molecule has 0 fully saturated rings. The molecule has 82 valence electrons. The number of carbonyl (C=O) groups excluding carboxylic acids is 1. The minimum absolute atomic E-state index is 0.214. The molecule has 1 amide bonds. The summed E-state index contributed by atoms with van der Waals surface area (Å²) in [6.45, 7) is 0. The van der Waals surface area contributed by atoms with Crippen LogP contribution in [0.1, 0.15) is 10.4 Å². The Labute approximate surface area is 96.3 Å². The van der Waals surface area contributed by atoms with E-state index in [-0.39, 0.29) is 5.91 Å². The molecule has 0 unspecified atom stereocenters. The number of pyridine rings is 1. The maximum absolute atomic E-state index is 11.9. The molecule has 2 aromatic rings. The Morgan fingerprint density at radius 1 is 1.44 bits per heavy atom. The van der Waals surface area contributed by atoms with Crippen LogP contribution in [0.4, 0.5) is 11.4 Å². The third kappa shape index (κ3) is 2.18. The Morgan fingerprint density at radius 2 is 2.31 bits per heavy atom. The van der Waals surface area contributed by atoms with Crippen LogP contribution in [0, 0.1) is 0 Å². The van der Waals surface area contributed by atoms with Crippen LogP contribution in [0.2, 0.25) is 0 Å². The van der Waals surface area contributed by atoms with Gasteiger partial charge in [-0.15, -0.1) is 0 Å². The van der Waals surface area contributed by atoms with Crippen molar-refractivity contribution in [2.24, 2.45) is 5.84 Å². The second kappa shape index (κ2) is 4.73. The van der Waals surface area contributed by atoms with Crippen LogP contribution in [0.25, 0.3) is 0 Å². The largest absolute Gasteiger partial charge is 0.322 e. The molecule has 2 heterocycles. The molecule has 2 rings (SSSR count). The van der Waals surface area contributed by atoms with Crippen molar-refractivity contribution in [3.8, 4) is 0 Å². The van der Waals surface area contributed by atoms with Crippen molar-refractivity contribution in [1.29, 1.82) is 0 Å². The standard InChI is InChI=1S/C10H10N4OS/c11-14-9-5-12-3-1-8(9)10(15)13-7-2-4-16-6-7/h1-6,14H,11H2,(H,13,15). The Morgan fingerprint density at radius 3 is 3.00 bits per heavy atom. The van der Waals surface area contributed by atoms with E-state index >= 15 is 0 Å². The maximum Gasteiger partial charge on any atom is 0.257 e. The number of rotatable bonds is 3. The Hall–Kier alpha value is -1.92.